The fraction of sp³-hybridized carbons (Fsp3) is 0.107. The average molecular weight is 536 g/mol. The third-order valence-corrected chi connectivity index (χ3v) is 7.10. The van der Waals surface area contributed by atoms with E-state index in [4.69, 9.17) is 16.3 Å². The minimum atomic E-state index is -3.69. The summed E-state index contributed by atoms with van der Waals surface area (Å²) >= 11 is 5.85. The first-order valence-electron chi connectivity index (χ1n) is 11.6. The van der Waals surface area contributed by atoms with Crippen LogP contribution in [0.3, 0.4) is 0 Å². The van der Waals surface area contributed by atoms with E-state index in [0.29, 0.717) is 34.3 Å². The standard InChI is InChI=1S/C28H26ClN3O4S/c29-22-12-18-27(19-13-22)37(34,35)30-20-7-21-32(28(33)31-23-8-3-1-4-9-23)24-14-16-26(17-15-24)36-25-10-5-2-6-11-25/h1-6,8-19,30H,7,20-21H2,(H,31,33). The Labute approximate surface area is 221 Å². The predicted octanol–water partition coefficient (Wildman–Crippen LogP) is 6.54. The number of urea groups is 1. The summed E-state index contributed by atoms with van der Waals surface area (Å²) in [5.41, 5.74) is 1.30. The highest BCUT2D eigenvalue weighted by molar-refractivity contribution is 7.89. The van der Waals surface area contributed by atoms with Crippen LogP contribution in [0.4, 0.5) is 16.2 Å². The van der Waals surface area contributed by atoms with E-state index in [-0.39, 0.29) is 24.0 Å². The summed E-state index contributed by atoms with van der Waals surface area (Å²) in [4.78, 5) is 14.9. The van der Waals surface area contributed by atoms with Gasteiger partial charge in [0.1, 0.15) is 11.5 Å². The molecular formula is C28H26ClN3O4S. The summed E-state index contributed by atoms with van der Waals surface area (Å²) in [6, 6.07) is 31.3. The molecule has 0 saturated carbocycles. The molecule has 0 unspecified atom stereocenters. The number of hydrogen-bond donors (Lipinski definition) is 2. The number of nitrogens with zero attached hydrogens (tertiary/aromatic N) is 1. The molecule has 7 nitrogen and oxygen atoms in total. The van der Waals surface area contributed by atoms with Crippen molar-refractivity contribution in [3.05, 3.63) is 114 Å². The number of sulfonamides is 1. The van der Waals surface area contributed by atoms with E-state index in [1.807, 2.05) is 48.5 Å². The lowest BCUT2D eigenvalue weighted by molar-refractivity contribution is 0.257. The van der Waals surface area contributed by atoms with Gasteiger partial charge in [-0.05, 0) is 79.2 Å². The number of para-hydroxylation sites is 2. The van der Waals surface area contributed by atoms with Gasteiger partial charge < -0.3 is 10.1 Å². The number of carbonyl (C=O) groups is 1. The van der Waals surface area contributed by atoms with Gasteiger partial charge in [-0.3, -0.25) is 4.90 Å². The maximum absolute atomic E-state index is 13.2. The number of carbonyl (C=O) groups excluding carboxylic acids is 1. The molecule has 0 bridgehead atoms. The van der Waals surface area contributed by atoms with E-state index in [1.165, 1.54) is 24.3 Å². The molecule has 0 saturated heterocycles. The quantitative estimate of drug-likeness (QED) is 0.226. The third-order valence-electron chi connectivity index (χ3n) is 5.37. The van der Waals surface area contributed by atoms with E-state index in [1.54, 1.807) is 41.3 Å². The van der Waals surface area contributed by atoms with Crippen LogP contribution in [0.2, 0.25) is 5.02 Å². The Hall–Kier alpha value is -3.85. The molecule has 4 aromatic carbocycles. The molecule has 0 fully saturated rings. The number of amides is 2. The van der Waals surface area contributed by atoms with Crippen LogP contribution in [0.25, 0.3) is 0 Å². The van der Waals surface area contributed by atoms with Crippen molar-refractivity contribution in [1.29, 1.82) is 0 Å². The van der Waals surface area contributed by atoms with Crippen LogP contribution in [-0.4, -0.2) is 27.5 Å². The van der Waals surface area contributed by atoms with Crippen molar-refractivity contribution in [2.24, 2.45) is 0 Å². The predicted molar refractivity (Wildman–Crippen MR) is 147 cm³/mol. The number of ether oxygens (including phenoxy) is 1. The Bertz CT molecular complexity index is 1400. The van der Waals surface area contributed by atoms with Gasteiger partial charge in [0.15, 0.2) is 0 Å². The number of anilines is 2. The molecule has 9 heteroatoms. The zero-order valence-corrected chi connectivity index (χ0v) is 21.5. The van der Waals surface area contributed by atoms with E-state index in [0.717, 1.165) is 0 Å². The van der Waals surface area contributed by atoms with Crippen molar-refractivity contribution in [3.63, 3.8) is 0 Å². The van der Waals surface area contributed by atoms with Crippen molar-refractivity contribution >= 4 is 39.0 Å². The van der Waals surface area contributed by atoms with Crippen molar-refractivity contribution < 1.29 is 17.9 Å². The number of rotatable bonds is 10. The highest BCUT2D eigenvalue weighted by Crippen LogP contribution is 2.25. The lowest BCUT2D eigenvalue weighted by Crippen LogP contribution is -2.37. The molecule has 0 aliphatic rings. The minimum Gasteiger partial charge on any atom is -0.457 e. The third kappa shape index (κ3) is 7.57. The lowest BCUT2D eigenvalue weighted by Gasteiger charge is -2.24. The van der Waals surface area contributed by atoms with Crippen LogP contribution in [0, 0.1) is 0 Å². The SMILES string of the molecule is O=C(Nc1ccccc1)N(CCCNS(=O)(=O)c1ccc(Cl)cc1)c1ccc(Oc2ccccc2)cc1. The molecule has 2 N–H and O–H groups in total. The first-order valence-corrected chi connectivity index (χ1v) is 13.5. The molecule has 4 aromatic rings. The molecule has 0 atom stereocenters. The minimum absolute atomic E-state index is 0.129. The second-order valence-electron chi connectivity index (χ2n) is 8.06. The highest BCUT2D eigenvalue weighted by atomic mass is 35.5. The van der Waals surface area contributed by atoms with Gasteiger partial charge in [-0.15, -0.1) is 0 Å². The maximum atomic E-state index is 13.2. The number of benzene rings is 4. The van der Waals surface area contributed by atoms with Gasteiger partial charge in [-0.25, -0.2) is 17.9 Å². The molecule has 0 aliphatic heterocycles. The molecule has 4 rings (SSSR count). The normalized spacial score (nSPS) is 11.1. The Kier molecular flexibility index (Phi) is 8.79. The van der Waals surface area contributed by atoms with Crippen LogP contribution in [0.5, 0.6) is 11.5 Å². The molecular weight excluding hydrogens is 510 g/mol. The monoisotopic (exact) mass is 535 g/mol. The summed E-state index contributed by atoms with van der Waals surface area (Å²) in [6.07, 6.45) is 0.386. The van der Waals surface area contributed by atoms with Crippen LogP contribution in [-0.2, 0) is 10.0 Å². The number of hydrogen-bond acceptors (Lipinski definition) is 4. The van der Waals surface area contributed by atoms with Crippen molar-refractivity contribution in [1.82, 2.24) is 4.72 Å². The van der Waals surface area contributed by atoms with Crippen molar-refractivity contribution in [3.8, 4) is 11.5 Å². The van der Waals surface area contributed by atoms with Gasteiger partial charge in [0, 0.05) is 29.5 Å². The highest BCUT2D eigenvalue weighted by Gasteiger charge is 2.18. The molecule has 2 amide bonds. The van der Waals surface area contributed by atoms with E-state index >= 15 is 0 Å². The van der Waals surface area contributed by atoms with E-state index < -0.39 is 10.0 Å². The zero-order valence-electron chi connectivity index (χ0n) is 19.9. The smallest absolute Gasteiger partial charge is 0.326 e. The van der Waals surface area contributed by atoms with Crippen LogP contribution in [0.1, 0.15) is 6.42 Å². The summed E-state index contributed by atoms with van der Waals surface area (Å²) in [5.74, 6) is 1.34. The second kappa shape index (κ2) is 12.4. The van der Waals surface area contributed by atoms with Gasteiger partial charge in [-0.2, -0.15) is 0 Å². The van der Waals surface area contributed by atoms with E-state index in [9.17, 15) is 13.2 Å². The average Bonchev–Trinajstić information content (AvgIpc) is 2.91. The van der Waals surface area contributed by atoms with Gasteiger partial charge in [0.2, 0.25) is 10.0 Å². The van der Waals surface area contributed by atoms with Gasteiger partial charge in [0.05, 0.1) is 4.90 Å². The Morgan fingerprint density at radius 2 is 1.38 bits per heavy atom. The number of halogens is 1. The first-order chi connectivity index (χ1) is 17.9. The molecule has 37 heavy (non-hydrogen) atoms. The summed E-state index contributed by atoms with van der Waals surface area (Å²) in [5, 5.41) is 3.35. The molecule has 0 spiro atoms. The fourth-order valence-corrected chi connectivity index (χ4v) is 4.72. The van der Waals surface area contributed by atoms with E-state index in [2.05, 4.69) is 10.0 Å². The fourth-order valence-electron chi connectivity index (χ4n) is 3.52. The van der Waals surface area contributed by atoms with Gasteiger partial charge >= 0.3 is 6.03 Å². The molecule has 0 aromatic heterocycles. The molecule has 190 valence electrons. The lowest BCUT2D eigenvalue weighted by atomic mass is 10.2. The topological polar surface area (TPSA) is 87.7 Å². The Balaban J connectivity index is 1.43. The first kappa shape index (κ1) is 26.2. The summed E-state index contributed by atoms with van der Waals surface area (Å²) in [7, 11) is -3.69. The largest absolute Gasteiger partial charge is 0.457 e. The van der Waals surface area contributed by atoms with Crippen LogP contribution < -0.4 is 19.7 Å². The van der Waals surface area contributed by atoms with Crippen LogP contribution >= 0.6 is 11.6 Å². The molecule has 0 aliphatic carbocycles. The van der Waals surface area contributed by atoms with Crippen molar-refractivity contribution in [2.45, 2.75) is 11.3 Å². The molecule has 0 radical (unpaired) electrons. The zero-order chi connectivity index (χ0) is 26.1. The summed E-state index contributed by atoms with van der Waals surface area (Å²) in [6.45, 7) is 0.427. The van der Waals surface area contributed by atoms with Gasteiger partial charge in [-0.1, -0.05) is 48.0 Å². The summed E-state index contributed by atoms with van der Waals surface area (Å²) < 4.78 is 33.5. The van der Waals surface area contributed by atoms with Crippen LogP contribution in [0.15, 0.2) is 114 Å². The van der Waals surface area contributed by atoms with Gasteiger partial charge in [0.25, 0.3) is 0 Å². The molecule has 0 heterocycles. The van der Waals surface area contributed by atoms with Crippen molar-refractivity contribution in [2.75, 3.05) is 23.3 Å². The Morgan fingerprint density at radius 3 is 2.03 bits per heavy atom. The Morgan fingerprint density at radius 1 is 0.784 bits per heavy atom. The maximum Gasteiger partial charge on any atom is 0.326 e. The second-order valence-corrected chi connectivity index (χ2v) is 10.3. The number of nitrogens with one attached hydrogen (secondary N) is 2.